The summed E-state index contributed by atoms with van der Waals surface area (Å²) in [5.41, 5.74) is 2.77. The Hall–Kier alpha value is -2.24. The number of carbonyl (C=O) groups is 1. The Kier molecular flexibility index (Phi) is 7.94. The average molecular weight is 315 g/mol. The Balaban J connectivity index is 2.82. The lowest BCUT2D eigenvalue weighted by atomic mass is 10.1. The molecule has 1 aromatic rings. The van der Waals surface area contributed by atoms with Gasteiger partial charge in [0.1, 0.15) is 5.82 Å². The highest BCUT2D eigenvalue weighted by molar-refractivity contribution is 5.73. The van der Waals surface area contributed by atoms with Crippen LogP contribution in [0.3, 0.4) is 0 Å². The van der Waals surface area contributed by atoms with Crippen molar-refractivity contribution in [2.45, 2.75) is 13.0 Å². The first kappa shape index (κ1) is 18.8. The topological polar surface area (TPSA) is 56.7 Å². The Labute approximate surface area is 138 Å². The maximum Gasteiger partial charge on any atom is 0.215 e. The van der Waals surface area contributed by atoms with Crippen molar-refractivity contribution in [1.29, 1.82) is 0 Å². The van der Waals surface area contributed by atoms with Gasteiger partial charge in [-0.2, -0.15) is 0 Å². The molecule has 0 aliphatic heterocycles. The summed E-state index contributed by atoms with van der Waals surface area (Å²) in [4.78, 5) is 18.9. The molecule has 1 amide bonds. The molecule has 1 N–H and O–H groups in total. The van der Waals surface area contributed by atoms with Crippen LogP contribution in [0.15, 0.2) is 49.2 Å². The van der Waals surface area contributed by atoms with Crippen molar-refractivity contribution in [1.82, 2.24) is 9.88 Å². The van der Waals surface area contributed by atoms with Crippen LogP contribution in [0, 0.1) is 0 Å². The number of hydrogen-bond donors (Lipinski definition) is 1. The summed E-state index contributed by atoms with van der Waals surface area (Å²) in [5.74, 6) is 0.621. The van der Waals surface area contributed by atoms with Gasteiger partial charge in [-0.25, -0.2) is 4.98 Å². The maximum absolute atomic E-state index is 11.0. The largest absolute Gasteiger partial charge is 0.392 e. The van der Waals surface area contributed by atoms with Crippen LogP contribution in [-0.4, -0.2) is 48.6 Å². The molecule has 124 valence electrons. The van der Waals surface area contributed by atoms with Crippen molar-refractivity contribution in [3.8, 4) is 0 Å². The Bertz CT molecular complexity index is 582. The van der Waals surface area contributed by atoms with Crippen LogP contribution in [-0.2, 0) is 17.8 Å². The minimum absolute atomic E-state index is 0.0659. The second-order valence-electron chi connectivity index (χ2n) is 5.37. The van der Waals surface area contributed by atoms with E-state index >= 15 is 0 Å². The lowest BCUT2D eigenvalue weighted by molar-refractivity contribution is -0.107. The first-order chi connectivity index (χ1) is 11.0. The highest BCUT2D eigenvalue weighted by atomic mass is 16.3. The van der Waals surface area contributed by atoms with Crippen LogP contribution in [0.4, 0.5) is 5.82 Å². The quantitative estimate of drug-likeness (QED) is 0.529. The van der Waals surface area contributed by atoms with Crippen LogP contribution < -0.4 is 4.90 Å². The van der Waals surface area contributed by atoms with Gasteiger partial charge in [0.2, 0.25) is 6.41 Å². The summed E-state index contributed by atoms with van der Waals surface area (Å²) in [6.07, 6.45) is 8.54. The molecule has 1 aromatic heterocycles. The summed E-state index contributed by atoms with van der Waals surface area (Å²) in [6, 6.07) is 1.89. The third-order valence-corrected chi connectivity index (χ3v) is 3.48. The van der Waals surface area contributed by atoms with Gasteiger partial charge in [0.25, 0.3) is 0 Å². The monoisotopic (exact) mass is 315 g/mol. The zero-order valence-electron chi connectivity index (χ0n) is 13.9. The predicted octanol–water partition coefficient (Wildman–Crippen LogP) is 1.94. The number of amides is 1. The van der Waals surface area contributed by atoms with Crippen LogP contribution in [0.1, 0.15) is 11.1 Å². The number of hydrogen-bond acceptors (Lipinski definition) is 4. The van der Waals surface area contributed by atoms with Gasteiger partial charge in [-0.3, -0.25) is 4.79 Å². The van der Waals surface area contributed by atoms with Crippen LogP contribution in [0.5, 0.6) is 0 Å². The van der Waals surface area contributed by atoms with Crippen molar-refractivity contribution < 1.29 is 9.90 Å². The molecular formula is C18H25N3O2. The SMILES string of the molecule is C=C/C=C(\C=C)CN(C)CCc1cc(CO)cnc1N(C)C=O. The molecule has 0 radical (unpaired) electrons. The summed E-state index contributed by atoms with van der Waals surface area (Å²) in [6.45, 7) is 8.98. The summed E-state index contributed by atoms with van der Waals surface area (Å²) >= 11 is 0. The first-order valence-electron chi connectivity index (χ1n) is 7.45. The minimum atomic E-state index is -0.0659. The second kappa shape index (κ2) is 9.71. The van der Waals surface area contributed by atoms with Gasteiger partial charge in [-0.05, 0) is 36.2 Å². The Morgan fingerprint density at radius 3 is 2.70 bits per heavy atom. The Morgan fingerprint density at radius 2 is 2.13 bits per heavy atom. The van der Waals surface area contributed by atoms with Crippen molar-refractivity contribution in [2.24, 2.45) is 0 Å². The van der Waals surface area contributed by atoms with Crippen molar-refractivity contribution >= 4 is 12.2 Å². The molecule has 0 spiro atoms. The number of aliphatic hydroxyl groups is 1. The number of carbonyl (C=O) groups excluding carboxylic acids is 1. The van der Waals surface area contributed by atoms with E-state index < -0.39 is 0 Å². The zero-order valence-corrected chi connectivity index (χ0v) is 13.9. The molecule has 1 rings (SSSR count). The lowest BCUT2D eigenvalue weighted by Crippen LogP contribution is -2.25. The van der Waals surface area contributed by atoms with E-state index in [1.165, 1.54) is 4.90 Å². The number of pyridine rings is 1. The Morgan fingerprint density at radius 1 is 1.39 bits per heavy atom. The van der Waals surface area contributed by atoms with Crippen molar-refractivity contribution in [3.05, 3.63) is 60.3 Å². The third kappa shape index (κ3) is 5.81. The van der Waals surface area contributed by atoms with E-state index in [1.807, 2.05) is 25.3 Å². The molecule has 0 bridgehead atoms. The van der Waals surface area contributed by atoms with Gasteiger partial charge in [0.15, 0.2) is 0 Å². The van der Waals surface area contributed by atoms with Gasteiger partial charge >= 0.3 is 0 Å². The normalized spacial score (nSPS) is 11.4. The van der Waals surface area contributed by atoms with E-state index in [0.29, 0.717) is 5.82 Å². The van der Waals surface area contributed by atoms with Gasteiger partial charge in [-0.15, -0.1) is 0 Å². The molecule has 0 aliphatic carbocycles. The zero-order chi connectivity index (χ0) is 17.2. The fourth-order valence-corrected chi connectivity index (χ4v) is 2.23. The molecule has 0 fully saturated rings. The van der Waals surface area contributed by atoms with Crippen molar-refractivity contribution in [2.75, 3.05) is 32.1 Å². The highest BCUT2D eigenvalue weighted by Crippen LogP contribution is 2.18. The van der Waals surface area contributed by atoms with E-state index in [1.54, 1.807) is 19.3 Å². The number of allylic oxidation sites excluding steroid dienone is 2. The molecule has 23 heavy (non-hydrogen) atoms. The summed E-state index contributed by atoms with van der Waals surface area (Å²) < 4.78 is 0. The van der Waals surface area contributed by atoms with Gasteiger partial charge in [0, 0.05) is 26.3 Å². The van der Waals surface area contributed by atoms with Gasteiger partial charge in [-0.1, -0.05) is 31.4 Å². The number of likely N-dealkylation sites (N-methyl/N-ethyl adjacent to an activating group) is 1. The van der Waals surface area contributed by atoms with E-state index in [2.05, 4.69) is 23.0 Å². The fraction of sp³-hybridized carbons (Fsp3) is 0.333. The summed E-state index contributed by atoms with van der Waals surface area (Å²) in [7, 11) is 3.69. The average Bonchev–Trinajstić information content (AvgIpc) is 2.58. The van der Waals surface area contributed by atoms with Crippen LogP contribution in [0.25, 0.3) is 0 Å². The molecule has 0 saturated carbocycles. The molecule has 0 aromatic carbocycles. The second-order valence-corrected chi connectivity index (χ2v) is 5.37. The molecule has 5 heteroatoms. The number of nitrogens with zero attached hydrogens (tertiary/aromatic N) is 3. The maximum atomic E-state index is 11.0. The third-order valence-electron chi connectivity index (χ3n) is 3.48. The van der Waals surface area contributed by atoms with E-state index in [4.69, 9.17) is 0 Å². The molecule has 0 aliphatic rings. The molecular weight excluding hydrogens is 290 g/mol. The fourth-order valence-electron chi connectivity index (χ4n) is 2.23. The smallest absolute Gasteiger partial charge is 0.215 e. The van der Waals surface area contributed by atoms with Gasteiger partial charge in [0.05, 0.1) is 6.61 Å². The molecule has 5 nitrogen and oxygen atoms in total. The molecule has 0 saturated heterocycles. The number of anilines is 1. The first-order valence-corrected chi connectivity index (χ1v) is 7.45. The van der Waals surface area contributed by atoms with Gasteiger partial charge < -0.3 is 14.9 Å². The number of rotatable bonds is 10. The van der Waals surface area contributed by atoms with Crippen LogP contribution >= 0.6 is 0 Å². The molecule has 0 atom stereocenters. The van der Waals surface area contributed by atoms with Crippen molar-refractivity contribution in [3.63, 3.8) is 0 Å². The molecule has 1 heterocycles. The van der Waals surface area contributed by atoms with E-state index in [0.717, 1.165) is 42.6 Å². The lowest BCUT2D eigenvalue weighted by Gasteiger charge is -2.20. The highest BCUT2D eigenvalue weighted by Gasteiger charge is 2.11. The van der Waals surface area contributed by atoms with E-state index in [9.17, 15) is 9.90 Å². The standard InChI is InChI=1S/C18H25N3O2/c1-5-7-15(6-2)12-20(3)9-8-17-10-16(13-22)11-19-18(17)21(4)14-23/h5-7,10-11,14,22H,1-2,8-9,12-13H2,3-4H3/b15-7+. The number of aromatic nitrogens is 1. The minimum Gasteiger partial charge on any atom is -0.392 e. The predicted molar refractivity (Wildman–Crippen MR) is 94.3 cm³/mol. The van der Waals surface area contributed by atoms with Crippen LogP contribution in [0.2, 0.25) is 0 Å². The number of aliphatic hydroxyl groups excluding tert-OH is 1. The summed E-state index contributed by atoms with van der Waals surface area (Å²) in [5, 5.41) is 9.27. The van der Waals surface area contributed by atoms with E-state index in [-0.39, 0.29) is 6.61 Å². The molecule has 0 unspecified atom stereocenters.